The molecule has 0 aromatic heterocycles. The highest BCUT2D eigenvalue weighted by atomic mass is 16.2. The van der Waals surface area contributed by atoms with Crippen molar-refractivity contribution in [2.75, 3.05) is 13.1 Å². The number of unbranched alkanes of at least 4 members (excludes halogenated alkanes) is 1. The van der Waals surface area contributed by atoms with Crippen LogP contribution in [0.3, 0.4) is 0 Å². The topological polar surface area (TPSA) is 32.3 Å². The van der Waals surface area contributed by atoms with Crippen LogP contribution in [0.4, 0.5) is 0 Å². The second-order valence-electron chi connectivity index (χ2n) is 5.66. The van der Waals surface area contributed by atoms with E-state index in [2.05, 4.69) is 31.3 Å². The third-order valence-electron chi connectivity index (χ3n) is 4.19. The predicted octanol–water partition coefficient (Wildman–Crippen LogP) is 3.33. The molecule has 2 unspecified atom stereocenters. The van der Waals surface area contributed by atoms with Crippen LogP contribution in [0.15, 0.2) is 30.3 Å². The summed E-state index contributed by atoms with van der Waals surface area (Å²) in [6.07, 6.45) is 4.90. The standard InChI is InChI=1S/C17H26N2O/c1-3-5-9-14(4-2)13-19-16(20)12-18-17(19)15-10-7-6-8-11-15/h6-8,10-11,14,17-18H,3-5,9,12-13H2,1-2H3. The number of nitrogens with zero attached hydrogens (tertiary/aromatic N) is 1. The second kappa shape index (κ2) is 7.44. The lowest BCUT2D eigenvalue weighted by Gasteiger charge is -2.28. The van der Waals surface area contributed by atoms with Gasteiger partial charge in [0.05, 0.1) is 6.54 Å². The van der Waals surface area contributed by atoms with E-state index in [1.807, 2.05) is 23.1 Å². The lowest BCUT2D eigenvalue weighted by atomic mass is 9.98. The van der Waals surface area contributed by atoms with Crippen molar-refractivity contribution in [3.8, 4) is 0 Å². The fraction of sp³-hybridized carbons (Fsp3) is 0.588. The maximum absolute atomic E-state index is 12.1. The molecule has 110 valence electrons. The average Bonchev–Trinajstić information content (AvgIpc) is 2.85. The summed E-state index contributed by atoms with van der Waals surface area (Å²) in [6.45, 7) is 5.79. The fourth-order valence-corrected chi connectivity index (χ4v) is 2.88. The third-order valence-corrected chi connectivity index (χ3v) is 4.19. The van der Waals surface area contributed by atoms with Gasteiger partial charge in [-0.2, -0.15) is 0 Å². The van der Waals surface area contributed by atoms with Crippen LogP contribution in [0.5, 0.6) is 0 Å². The van der Waals surface area contributed by atoms with E-state index in [0.29, 0.717) is 12.5 Å². The summed E-state index contributed by atoms with van der Waals surface area (Å²) in [5.41, 5.74) is 1.18. The lowest BCUT2D eigenvalue weighted by Crippen LogP contribution is -2.34. The van der Waals surface area contributed by atoms with E-state index in [1.54, 1.807) is 0 Å². The molecule has 1 heterocycles. The molecular weight excluding hydrogens is 248 g/mol. The van der Waals surface area contributed by atoms with Gasteiger partial charge < -0.3 is 4.90 Å². The molecule has 1 aliphatic heterocycles. The summed E-state index contributed by atoms with van der Waals surface area (Å²) in [5.74, 6) is 0.846. The number of rotatable bonds is 7. The van der Waals surface area contributed by atoms with Crippen LogP contribution in [0.1, 0.15) is 51.3 Å². The van der Waals surface area contributed by atoms with Crippen LogP contribution in [0.2, 0.25) is 0 Å². The maximum Gasteiger partial charge on any atom is 0.238 e. The molecule has 3 nitrogen and oxygen atoms in total. The molecule has 0 bridgehead atoms. The minimum absolute atomic E-state index is 0.0550. The summed E-state index contributed by atoms with van der Waals surface area (Å²) >= 11 is 0. The zero-order valence-electron chi connectivity index (χ0n) is 12.6. The van der Waals surface area contributed by atoms with Crippen molar-refractivity contribution in [1.29, 1.82) is 0 Å². The van der Waals surface area contributed by atoms with Gasteiger partial charge in [-0.05, 0) is 17.9 Å². The molecule has 1 aliphatic rings. The monoisotopic (exact) mass is 274 g/mol. The molecule has 0 saturated carbocycles. The van der Waals surface area contributed by atoms with Crippen molar-refractivity contribution < 1.29 is 4.79 Å². The van der Waals surface area contributed by atoms with Crippen LogP contribution in [0.25, 0.3) is 0 Å². The molecule has 1 aromatic carbocycles. The van der Waals surface area contributed by atoms with Gasteiger partial charge in [-0.1, -0.05) is 63.4 Å². The maximum atomic E-state index is 12.1. The number of hydrogen-bond acceptors (Lipinski definition) is 2. The molecule has 1 N–H and O–H groups in total. The summed E-state index contributed by atoms with van der Waals surface area (Å²) in [7, 11) is 0. The zero-order valence-corrected chi connectivity index (χ0v) is 12.6. The molecule has 1 fully saturated rings. The number of nitrogens with one attached hydrogen (secondary N) is 1. The van der Waals surface area contributed by atoms with Crippen LogP contribution in [-0.2, 0) is 4.79 Å². The van der Waals surface area contributed by atoms with Crippen LogP contribution in [0, 0.1) is 5.92 Å². The molecule has 1 amide bonds. The van der Waals surface area contributed by atoms with Gasteiger partial charge in [0, 0.05) is 6.54 Å². The van der Waals surface area contributed by atoms with E-state index < -0.39 is 0 Å². The molecule has 0 radical (unpaired) electrons. The quantitative estimate of drug-likeness (QED) is 0.827. The van der Waals surface area contributed by atoms with E-state index >= 15 is 0 Å². The van der Waals surface area contributed by atoms with E-state index in [-0.39, 0.29) is 12.1 Å². The number of carbonyl (C=O) groups excluding carboxylic acids is 1. The smallest absolute Gasteiger partial charge is 0.238 e. The molecule has 0 aliphatic carbocycles. The Kier molecular flexibility index (Phi) is 5.60. The highest BCUT2D eigenvalue weighted by molar-refractivity contribution is 5.80. The largest absolute Gasteiger partial charge is 0.322 e. The highest BCUT2D eigenvalue weighted by Crippen LogP contribution is 2.25. The van der Waals surface area contributed by atoms with E-state index in [4.69, 9.17) is 0 Å². The number of hydrogen-bond donors (Lipinski definition) is 1. The first kappa shape index (κ1) is 15.0. The molecule has 0 spiro atoms. The first-order valence-electron chi connectivity index (χ1n) is 7.84. The van der Waals surface area contributed by atoms with Crippen molar-refractivity contribution in [2.24, 2.45) is 5.92 Å². The fourth-order valence-electron chi connectivity index (χ4n) is 2.88. The molecule has 2 rings (SSSR count). The SMILES string of the molecule is CCCCC(CC)CN1C(=O)CNC1c1ccccc1. The zero-order chi connectivity index (χ0) is 14.4. The van der Waals surface area contributed by atoms with Crippen molar-refractivity contribution in [3.63, 3.8) is 0 Å². The minimum Gasteiger partial charge on any atom is -0.322 e. The van der Waals surface area contributed by atoms with E-state index in [1.165, 1.54) is 24.8 Å². The van der Waals surface area contributed by atoms with Gasteiger partial charge in [0.15, 0.2) is 0 Å². The Bertz CT molecular complexity index is 418. The Hall–Kier alpha value is -1.35. The molecule has 3 heteroatoms. The molecule has 1 aromatic rings. The number of carbonyl (C=O) groups is 1. The number of benzene rings is 1. The average molecular weight is 274 g/mol. The van der Waals surface area contributed by atoms with Gasteiger partial charge in [0.25, 0.3) is 0 Å². The van der Waals surface area contributed by atoms with Gasteiger partial charge in [-0.25, -0.2) is 0 Å². The summed E-state index contributed by atoms with van der Waals surface area (Å²) < 4.78 is 0. The Balaban J connectivity index is 2.05. The van der Waals surface area contributed by atoms with Gasteiger partial charge in [-0.3, -0.25) is 10.1 Å². The lowest BCUT2D eigenvalue weighted by molar-refractivity contribution is -0.128. The van der Waals surface area contributed by atoms with Crippen LogP contribution >= 0.6 is 0 Å². The third kappa shape index (κ3) is 3.60. The molecule has 2 atom stereocenters. The van der Waals surface area contributed by atoms with Crippen LogP contribution in [-0.4, -0.2) is 23.9 Å². The Morgan fingerprint density at radius 3 is 2.70 bits per heavy atom. The summed E-state index contributed by atoms with van der Waals surface area (Å²) in [6, 6.07) is 10.3. The second-order valence-corrected chi connectivity index (χ2v) is 5.66. The van der Waals surface area contributed by atoms with Crippen molar-refractivity contribution in [3.05, 3.63) is 35.9 Å². The molecule has 20 heavy (non-hydrogen) atoms. The summed E-state index contributed by atoms with van der Waals surface area (Å²) in [5, 5.41) is 3.33. The first-order valence-corrected chi connectivity index (χ1v) is 7.84. The van der Waals surface area contributed by atoms with Crippen LogP contribution < -0.4 is 5.32 Å². The minimum atomic E-state index is 0.0550. The highest BCUT2D eigenvalue weighted by Gasteiger charge is 2.32. The van der Waals surface area contributed by atoms with Gasteiger partial charge in [-0.15, -0.1) is 0 Å². The Morgan fingerprint density at radius 1 is 1.30 bits per heavy atom. The normalized spacial score (nSPS) is 20.4. The van der Waals surface area contributed by atoms with E-state index in [9.17, 15) is 4.79 Å². The van der Waals surface area contributed by atoms with Crippen molar-refractivity contribution in [1.82, 2.24) is 10.2 Å². The Labute approximate surface area is 122 Å². The van der Waals surface area contributed by atoms with Gasteiger partial charge in [0.2, 0.25) is 5.91 Å². The summed E-state index contributed by atoms with van der Waals surface area (Å²) in [4.78, 5) is 14.2. The molecular formula is C17H26N2O. The number of amides is 1. The Morgan fingerprint density at radius 2 is 2.05 bits per heavy atom. The van der Waals surface area contributed by atoms with E-state index in [0.717, 1.165) is 13.0 Å². The first-order chi connectivity index (χ1) is 9.76. The van der Waals surface area contributed by atoms with Gasteiger partial charge in [0.1, 0.15) is 6.17 Å². The van der Waals surface area contributed by atoms with Crippen molar-refractivity contribution in [2.45, 2.75) is 45.7 Å². The predicted molar refractivity (Wildman–Crippen MR) is 82.2 cm³/mol. The molecule has 1 saturated heterocycles. The van der Waals surface area contributed by atoms with Crippen molar-refractivity contribution >= 4 is 5.91 Å². The van der Waals surface area contributed by atoms with Gasteiger partial charge >= 0.3 is 0 Å².